The smallest absolute Gasteiger partial charge is 0.255 e. The second-order valence-corrected chi connectivity index (χ2v) is 6.87. The molecule has 1 N–H and O–H groups in total. The number of fused-ring (bicyclic) bond motifs is 1. The van der Waals surface area contributed by atoms with Crippen molar-refractivity contribution in [3.8, 4) is 11.1 Å². The molecule has 1 amide bonds. The minimum atomic E-state index is -0.161. The van der Waals surface area contributed by atoms with Crippen molar-refractivity contribution >= 4 is 28.8 Å². The highest BCUT2D eigenvalue weighted by Gasteiger charge is 2.30. The lowest BCUT2D eigenvalue weighted by Gasteiger charge is -2.34. The highest BCUT2D eigenvalue weighted by atomic mass is 35.5. The highest BCUT2D eigenvalue weighted by Crippen LogP contribution is 2.41. The molecule has 122 valence electrons. The largest absolute Gasteiger partial charge is 0.381 e. The zero-order valence-corrected chi connectivity index (χ0v) is 14.2. The van der Waals surface area contributed by atoms with E-state index in [1.54, 1.807) is 13.2 Å². The zero-order valence-electron chi connectivity index (χ0n) is 13.4. The molecule has 1 saturated carbocycles. The average molecular weight is 340 g/mol. The summed E-state index contributed by atoms with van der Waals surface area (Å²) in [6.07, 6.45) is 2.57. The van der Waals surface area contributed by atoms with E-state index in [-0.39, 0.29) is 5.91 Å². The molecule has 2 aliphatic rings. The molecule has 1 aliphatic heterocycles. The number of benzene rings is 2. The standard InChI is InChI=1S/C20H18ClNO2/c1-11-16-9-17(18(21)10-19(16)22-20(11)23)13-5-3-12(4-6-13)14-7-15(8-14)24-2/h3-6,9-10,14-15H,1,7-8H2,2H3,(H,22,23). The van der Waals surface area contributed by atoms with E-state index >= 15 is 0 Å². The van der Waals surface area contributed by atoms with Crippen LogP contribution in [0, 0.1) is 0 Å². The summed E-state index contributed by atoms with van der Waals surface area (Å²) in [6.45, 7) is 3.85. The summed E-state index contributed by atoms with van der Waals surface area (Å²) in [5.74, 6) is 0.423. The van der Waals surface area contributed by atoms with Crippen molar-refractivity contribution in [2.75, 3.05) is 12.4 Å². The Morgan fingerprint density at radius 1 is 1.17 bits per heavy atom. The van der Waals surface area contributed by atoms with Crippen LogP contribution in [0.25, 0.3) is 16.7 Å². The maximum Gasteiger partial charge on any atom is 0.255 e. The Labute approximate surface area is 146 Å². The summed E-state index contributed by atoms with van der Waals surface area (Å²) in [4.78, 5) is 11.7. The van der Waals surface area contributed by atoms with Crippen LogP contribution in [-0.4, -0.2) is 19.1 Å². The van der Waals surface area contributed by atoms with Crippen molar-refractivity contribution in [2.24, 2.45) is 0 Å². The first-order valence-corrected chi connectivity index (χ1v) is 8.42. The van der Waals surface area contributed by atoms with Gasteiger partial charge < -0.3 is 10.1 Å². The Kier molecular flexibility index (Phi) is 3.70. The van der Waals surface area contributed by atoms with Crippen LogP contribution in [0.5, 0.6) is 0 Å². The molecule has 0 unspecified atom stereocenters. The molecular weight excluding hydrogens is 322 g/mol. The van der Waals surface area contributed by atoms with Crippen LogP contribution < -0.4 is 5.32 Å². The lowest BCUT2D eigenvalue weighted by atomic mass is 9.77. The molecule has 1 fully saturated rings. The summed E-state index contributed by atoms with van der Waals surface area (Å²) in [5, 5.41) is 3.41. The van der Waals surface area contributed by atoms with Gasteiger partial charge in [0.15, 0.2) is 0 Å². The van der Waals surface area contributed by atoms with E-state index in [0.29, 0.717) is 22.6 Å². The van der Waals surface area contributed by atoms with Crippen LogP contribution in [0.2, 0.25) is 5.02 Å². The molecule has 1 heterocycles. The lowest BCUT2D eigenvalue weighted by Crippen LogP contribution is -2.28. The van der Waals surface area contributed by atoms with E-state index < -0.39 is 0 Å². The third kappa shape index (κ3) is 2.45. The molecule has 0 aromatic heterocycles. The highest BCUT2D eigenvalue weighted by molar-refractivity contribution is 6.36. The van der Waals surface area contributed by atoms with Crippen molar-refractivity contribution in [3.63, 3.8) is 0 Å². The van der Waals surface area contributed by atoms with Gasteiger partial charge in [0.1, 0.15) is 0 Å². The Morgan fingerprint density at radius 2 is 1.88 bits per heavy atom. The first-order valence-electron chi connectivity index (χ1n) is 8.04. The fourth-order valence-electron chi connectivity index (χ4n) is 3.43. The Bertz CT molecular complexity index is 835. The summed E-state index contributed by atoms with van der Waals surface area (Å²) in [7, 11) is 1.77. The van der Waals surface area contributed by atoms with Gasteiger partial charge in [-0.05, 0) is 42.0 Å². The van der Waals surface area contributed by atoms with Crippen LogP contribution in [0.4, 0.5) is 5.69 Å². The molecule has 24 heavy (non-hydrogen) atoms. The van der Waals surface area contributed by atoms with Crippen molar-refractivity contribution in [3.05, 3.63) is 59.1 Å². The molecule has 0 radical (unpaired) electrons. The topological polar surface area (TPSA) is 38.3 Å². The molecule has 0 bridgehead atoms. The monoisotopic (exact) mass is 339 g/mol. The van der Waals surface area contributed by atoms with E-state index in [4.69, 9.17) is 16.3 Å². The number of methoxy groups -OCH3 is 1. The van der Waals surface area contributed by atoms with E-state index in [9.17, 15) is 4.79 Å². The number of halogens is 1. The first-order chi connectivity index (χ1) is 11.6. The van der Waals surface area contributed by atoms with E-state index in [2.05, 4.69) is 36.2 Å². The lowest BCUT2D eigenvalue weighted by molar-refractivity contribution is -0.110. The Morgan fingerprint density at radius 3 is 2.54 bits per heavy atom. The Balaban J connectivity index is 1.63. The second kappa shape index (κ2) is 5.76. The van der Waals surface area contributed by atoms with Crippen molar-refractivity contribution in [1.29, 1.82) is 0 Å². The van der Waals surface area contributed by atoms with Gasteiger partial charge in [0.2, 0.25) is 0 Å². The number of rotatable bonds is 3. The number of carbonyl (C=O) groups excluding carboxylic acids is 1. The summed E-state index contributed by atoms with van der Waals surface area (Å²) in [5.41, 5.74) is 5.34. The number of carbonyl (C=O) groups is 1. The molecule has 4 heteroatoms. The summed E-state index contributed by atoms with van der Waals surface area (Å²) >= 11 is 6.42. The molecule has 4 rings (SSSR count). The van der Waals surface area contributed by atoms with Gasteiger partial charge in [0.05, 0.1) is 16.8 Å². The SMILES string of the molecule is C=C1C(=O)Nc2cc(Cl)c(-c3ccc(C4CC(OC)C4)cc3)cc21. The quantitative estimate of drug-likeness (QED) is 0.810. The number of hydrogen-bond acceptors (Lipinski definition) is 2. The molecule has 2 aromatic carbocycles. The van der Waals surface area contributed by atoms with E-state index in [1.165, 1.54) is 5.56 Å². The molecule has 1 aliphatic carbocycles. The zero-order chi connectivity index (χ0) is 16.8. The molecule has 0 saturated heterocycles. The van der Waals surface area contributed by atoms with Crippen molar-refractivity contribution in [1.82, 2.24) is 0 Å². The fraction of sp³-hybridized carbons (Fsp3) is 0.250. The van der Waals surface area contributed by atoms with Gasteiger partial charge in [-0.1, -0.05) is 42.4 Å². The number of hydrogen-bond donors (Lipinski definition) is 1. The molecule has 0 spiro atoms. The normalized spacial score (nSPS) is 22.1. The van der Waals surface area contributed by atoms with Gasteiger partial charge in [-0.25, -0.2) is 0 Å². The number of ether oxygens (including phenoxy) is 1. The maximum atomic E-state index is 11.7. The van der Waals surface area contributed by atoms with Gasteiger partial charge in [-0.3, -0.25) is 4.79 Å². The average Bonchev–Trinajstić information content (AvgIpc) is 2.80. The molecule has 3 nitrogen and oxygen atoms in total. The number of amides is 1. The maximum absolute atomic E-state index is 11.7. The predicted octanol–water partition coefficient (Wildman–Crippen LogP) is 4.86. The first kappa shape index (κ1) is 15.4. The predicted molar refractivity (Wildman–Crippen MR) is 97.3 cm³/mol. The van der Waals surface area contributed by atoms with Gasteiger partial charge in [-0.15, -0.1) is 0 Å². The third-order valence-electron chi connectivity index (χ3n) is 5.08. The van der Waals surface area contributed by atoms with E-state index in [1.807, 2.05) is 6.07 Å². The third-order valence-corrected chi connectivity index (χ3v) is 5.39. The van der Waals surface area contributed by atoms with Gasteiger partial charge >= 0.3 is 0 Å². The van der Waals surface area contributed by atoms with Crippen LogP contribution in [0.3, 0.4) is 0 Å². The van der Waals surface area contributed by atoms with Crippen LogP contribution >= 0.6 is 11.6 Å². The van der Waals surface area contributed by atoms with Crippen LogP contribution in [0.15, 0.2) is 43.0 Å². The van der Waals surface area contributed by atoms with Crippen LogP contribution in [-0.2, 0) is 9.53 Å². The van der Waals surface area contributed by atoms with E-state index in [0.717, 1.165) is 35.2 Å². The van der Waals surface area contributed by atoms with Crippen molar-refractivity contribution < 1.29 is 9.53 Å². The van der Waals surface area contributed by atoms with Gasteiger partial charge in [0, 0.05) is 23.8 Å². The summed E-state index contributed by atoms with van der Waals surface area (Å²) < 4.78 is 5.35. The Hall–Kier alpha value is -2.10. The summed E-state index contributed by atoms with van der Waals surface area (Å²) in [6, 6.07) is 12.2. The van der Waals surface area contributed by atoms with Gasteiger partial charge in [0.25, 0.3) is 5.91 Å². The molecule has 2 aromatic rings. The number of nitrogens with one attached hydrogen (secondary N) is 1. The second-order valence-electron chi connectivity index (χ2n) is 6.46. The number of anilines is 1. The molecular formula is C20H18ClNO2. The minimum absolute atomic E-state index is 0.161. The van der Waals surface area contributed by atoms with Crippen LogP contribution in [0.1, 0.15) is 29.9 Å². The fourth-order valence-corrected chi connectivity index (χ4v) is 3.71. The van der Waals surface area contributed by atoms with Crippen molar-refractivity contribution in [2.45, 2.75) is 24.9 Å². The minimum Gasteiger partial charge on any atom is -0.381 e. The van der Waals surface area contributed by atoms with Gasteiger partial charge in [-0.2, -0.15) is 0 Å². The molecule has 0 atom stereocenters.